The lowest BCUT2D eigenvalue weighted by atomic mass is 10.0. The van der Waals surface area contributed by atoms with E-state index in [2.05, 4.69) is 37.1 Å². The minimum atomic E-state index is -3.18. The van der Waals surface area contributed by atoms with Gasteiger partial charge in [0.25, 0.3) is 0 Å². The van der Waals surface area contributed by atoms with Gasteiger partial charge in [-0.1, -0.05) is 31.4 Å². The van der Waals surface area contributed by atoms with Gasteiger partial charge >= 0.3 is 0 Å². The second kappa shape index (κ2) is 10.0. The number of fused-ring (bicyclic) bond motifs is 1. The van der Waals surface area contributed by atoms with E-state index in [9.17, 15) is 8.42 Å². The Hall–Kier alpha value is -2.85. The summed E-state index contributed by atoms with van der Waals surface area (Å²) in [5.74, 6) is 1.32. The number of rotatable bonds is 6. The van der Waals surface area contributed by atoms with Gasteiger partial charge in [-0.3, -0.25) is 0 Å². The zero-order valence-electron chi connectivity index (χ0n) is 20.4. The lowest BCUT2D eigenvalue weighted by Gasteiger charge is -2.32. The SMILES string of the molecule is Cc1ccc(CS(=O)(=O)C2CCCCC2)cc1Nc1ncnc2cnc(N3CCN(C)CC3)nc12. The third-order valence-corrected chi connectivity index (χ3v) is 9.36. The first kappa shape index (κ1) is 23.9. The molecule has 2 aromatic heterocycles. The van der Waals surface area contributed by atoms with Crippen LogP contribution < -0.4 is 10.2 Å². The van der Waals surface area contributed by atoms with Gasteiger partial charge in [0.05, 0.1) is 17.2 Å². The molecule has 10 heteroatoms. The molecule has 9 nitrogen and oxygen atoms in total. The van der Waals surface area contributed by atoms with E-state index in [4.69, 9.17) is 4.98 Å². The molecule has 0 unspecified atom stereocenters. The standard InChI is InChI=1S/C25H33N7O2S/c1-18-8-9-19(16-35(33,34)20-6-4-3-5-7-20)14-21(18)29-24-23-22(27-17-28-24)15-26-25(30-23)32-12-10-31(2)11-13-32/h8-9,14-15,17,20H,3-7,10-13,16H2,1-2H3,(H,27,28,29). The van der Waals surface area contributed by atoms with Crippen molar-refractivity contribution in [3.05, 3.63) is 41.9 Å². The van der Waals surface area contributed by atoms with E-state index in [-0.39, 0.29) is 11.0 Å². The summed E-state index contributed by atoms with van der Waals surface area (Å²) < 4.78 is 26.1. The van der Waals surface area contributed by atoms with Crippen molar-refractivity contribution in [1.29, 1.82) is 0 Å². The molecule has 3 heterocycles. The predicted molar refractivity (Wildman–Crippen MR) is 139 cm³/mol. The average molecular weight is 496 g/mol. The van der Waals surface area contributed by atoms with Crippen molar-refractivity contribution in [3.63, 3.8) is 0 Å². The number of piperazine rings is 1. The molecule has 1 aliphatic heterocycles. The molecule has 1 saturated carbocycles. The minimum Gasteiger partial charge on any atom is -0.338 e. The lowest BCUT2D eigenvalue weighted by molar-refractivity contribution is 0.311. The molecule has 3 aromatic rings. The first-order valence-corrected chi connectivity index (χ1v) is 14.1. The molecule has 186 valence electrons. The molecule has 0 spiro atoms. The van der Waals surface area contributed by atoms with Gasteiger partial charge in [0.1, 0.15) is 17.4 Å². The number of hydrogen-bond acceptors (Lipinski definition) is 9. The fourth-order valence-electron chi connectivity index (χ4n) is 4.89. The predicted octanol–water partition coefficient (Wildman–Crippen LogP) is 3.47. The molecule has 0 amide bonds. The van der Waals surface area contributed by atoms with Gasteiger partial charge in [0.15, 0.2) is 15.7 Å². The van der Waals surface area contributed by atoms with Crippen LogP contribution in [-0.2, 0) is 15.6 Å². The van der Waals surface area contributed by atoms with E-state index in [1.807, 2.05) is 25.1 Å². The van der Waals surface area contributed by atoms with Gasteiger partial charge in [-0.2, -0.15) is 0 Å². The Kier molecular flexibility index (Phi) is 6.84. The Morgan fingerprint density at radius 3 is 2.57 bits per heavy atom. The van der Waals surface area contributed by atoms with Crippen LogP contribution in [0.3, 0.4) is 0 Å². The molecule has 2 fully saturated rings. The van der Waals surface area contributed by atoms with Crippen molar-refractivity contribution < 1.29 is 8.42 Å². The van der Waals surface area contributed by atoms with Gasteiger partial charge in [-0.25, -0.2) is 28.4 Å². The zero-order valence-corrected chi connectivity index (χ0v) is 21.3. The van der Waals surface area contributed by atoms with Crippen LogP contribution in [0.15, 0.2) is 30.7 Å². The molecule has 5 rings (SSSR count). The summed E-state index contributed by atoms with van der Waals surface area (Å²) in [6.07, 6.45) is 7.94. The highest BCUT2D eigenvalue weighted by atomic mass is 32.2. The Labute approximate surface area is 206 Å². The first-order valence-electron chi connectivity index (χ1n) is 12.4. The van der Waals surface area contributed by atoms with Crippen LogP contribution in [0.4, 0.5) is 17.5 Å². The number of nitrogens with zero attached hydrogens (tertiary/aromatic N) is 6. The van der Waals surface area contributed by atoms with Crippen LogP contribution in [-0.4, -0.2) is 71.7 Å². The molecule has 1 N–H and O–H groups in total. The van der Waals surface area contributed by atoms with Crippen molar-refractivity contribution >= 4 is 38.3 Å². The van der Waals surface area contributed by atoms with Crippen LogP contribution in [0.25, 0.3) is 11.0 Å². The van der Waals surface area contributed by atoms with E-state index >= 15 is 0 Å². The highest BCUT2D eigenvalue weighted by molar-refractivity contribution is 7.91. The number of anilines is 3. The molecule has 0 atom stereocenters. The number of likely N-dealkylation sites (N-methyl/N-ethyl adjacent to an activating group) is 1. The van der Waals surface area contributed by atoms with Crippen LogP contribution in [0.5, 0.6) is 0 Å². The molecule has 1 aromatic carbocycles. The molecule has 1 aliphatic carbocycles. The third-order valence-electron chi connectivity index (χ3n) is 7.13. The first-order chi connectivity index (χ1) is 16.9. The topological polar surface area (TPSA) is 104 Å². The highest BCUT2D eigenvalue weighted by Gasteiger charge is 2.27. The molecule has 0 bridgehead atoms. The van der Waals surface area contributed by atoms with Crippen molar-refractivity contribution in [2.24, 2.45) is 0 Å². The molecule has 2 aliphatic rings. The van der Waals surface area contributed by atoms with E-state index in [1.165, 1.54) is 6.33 Å². The monoisotopic (exact) mass is 495 g/mol. The summed E-state index contributed by atoms with van der Waals surface area (Å²) in [7, 11) is -1.06. The van der Waals surface area contributed by atoms with Gasteiger partial charge in [-0.05, 0) is 44.0 Å². The maximum absolute atomic E-state index is 13.0. The average Bonchev–Trinajstić information content (AvgIpc) is 2.87. The molecule has 0 radical (unpaired) electrons. The van der Waals surface area contributed by atoms with Crippen LogP contribution in [0.2, 0.25) is 0 Å². The number of hydrogen-bond donors (Lipinski definition) is 1. The fourth-order valence-corrected chi connectivity index (χ4v) is 6.82. The lowest BCUT2D eigenvalue weighted by Crippen LogP contribution is -2.45. The quantitative estimate of drug-likeness (QED) is 0.550. The van der Waals surface area contributed by atoms with E-state index in [1.54, 1.807) is 6.20 Å². The number of nitrogens with one attached hydrogen (secondary N) is 1. The molecule has 35 heavy (non-hydrogen) atoms. The Morgan fingerprint density at radius 1 is 1.03 bits per heavy atom. The molecular formula is C25H33N7O2S. The third kappa shape index (κ3) is 5.38. The van der Waals surface area contributed by atoms with Gasteiger partial charge < -0.3 is 15.1 Å². The maximum atomic E-state index is 13.0. The number of sulfone groups is 1. The number of aromatic nitrogens is 4. The summed E-state index contributed by atoms with van der Waals surface area (Å²) >= 11 is 0. The van der Waals surface area contributed by atoms with Crippen LogP contribution in [0.1, 0.15) is 43.2 Å². The van der Waals surface area contributed by atoms with Gasteiger partial charge in [-0.15, -0.1) is 0 Å². The molecular weight excluding hydrogens is 462 g/mol. The fraction of sp³-hybridized carbons (Fsp3) is 0.520. The normalized spacial score (nSPS) is 18.2. The second-order valence-corrected chi connectivity index (χ2v) is 12.0. The molecule has 1 saturated heterocycles. The Morgan fingerprint density at radius 2 is 1.80 bits per heavy atom. The zero-order chi connectivity index (χ0) is 24.4. The smallest absolute Gasteiger partial charge is 0.226 e. The van der Waals surface area contributed by atoms with Crippen molar-refractivity contribution in [2.75, 3.05) is 43.4 Å². The Balaban J connectivity index is 1.40. The van der Waals surface area contributed by atoms with Crippen LogP contribution >= 0.6 is 0 Å². The number of benzene rings is 1. The van der Waals surface area contributed by atoms with E-state index in [0.717, 1.165) is 75.1 Å². The summed E-state index contributed by atoms with van der Waals surface area (Å²) in [6, 6.07) is 5.79. The summed E-state index contributed by atoms with van der Waals surface area (Å²) in [6.45, 7) is 5.67. The highest BCUT2D eigenvalue weighted by Crippen LogP contribution is 2.29. The van der Waals surface area contributed by atoms with Crippen LogP contribution in [0, 0.1) is 6.92 Å². The van der Waals surface area contributed by atoms with Crippen molar-refractivity contribution in [3.8, 4) is 0 Å². The van der Waals surface area contributed by atoms with Gasteiger partial charge in [0.2, 0.25) is 5.95 Å². The summed E-state index contributed by atoms with van der Waals surface area (Å²) in [5.41, 5.74) is 3.92. The Bertz CT molecular complexity index is 1300. The minimum absolute atomic E-state index is 0.0624. The van der Waals surface area contributed by atoms with Crippen molar-refractivity contribution in [2.45, 2.75) is 50.0 Å². The summed E-state index contributed by atoms with van der Waals surface area (Å²) in [4.78, 5) is 22.6. The second-order valence-electron chi connectivity index (χ2n) is 9.76. The number of aryl methyl sites for hydroxylation is 1. The van der Waals surface area contributed by atoms with Crippen molar-refractivity contribution in [1.82, 2.24) is 24.8 Å². The largest absolute Gasteiger partial charge is 0.338 e. The van der Waals surface area contributed by atoms with E-state index < -0.39 is 9.84 Å². The van der Waals surface area contributed by atoms with Gasteiger partial charge in [0, 0.05) is 31.9 Å². The summed E-state index contributed by atoms with van der Waals surface area (Å²) in [5, 5.41) is 3.18. The van der Waals surface area contributed by atoms with E-state index in [0.29, 0.717) is 22.8 Å². The maximum Gasteiger partial charge on any atom is 0.226 e.